The van der Waals surface area contributed by atoms with Crippen molar-refractivity contribution in [2.45, 2.75) is 46.2 Å². The summed E-state index contributed by atoms with van der Waals surface area (Å²) in [4.78, 5) is 12.7. The molecule has 29 heavy (non-hydrogen) atoms. The summed E-state index contributed by atoms with van der Waals surface area (Å²) in [7, 11) is -3.64. The number of aryl methyl sites for hydroxylation is 2. The van der Waals surface area contributed by atoms with Crippen molar-refractivity contribution in [2.24, 2.45) is 0 Å². The minimum absolute atomic E-state index is 0.282. The number of nitrogens with zero attached hydrogens (tertiary/aromatic N) is 1. The summed E-state index contributed by atoms with van der Waals surface area (Å²) in [6, 6.07) is 13.7. The monoisotopic (exact) mass is 418 g/mol. The fourth-order valence-electron chi connectivity index (χ4n) is 2.95. The predicted molar refractivity (Wildman–Crippen MR) is 117 cm³/mol. The van der Waals surface area contributed by atoms with Crippen LogP contribution in [-0.4, -0.2) is 39.3 Å². The number of carbonyl (C=O) groups is 1. The maximum atomic E-state index is 12.7. The minimum Gasteiger partial charge on any atom is -0.491 e. The van der Waals surface area contributed by atoms with Gasteiger partial charge in [-0.25, -0.2) is 8.42 Å². The molecule has 2 rings (SSSR count). The molecule has 1 N–H and O–H groups in total. The Bertz CT molecular complexity index is 909. The zero-order chi connectivity index (χ0) is 21.6. The molecule has 0 heterocycles. The van der Waals surface area contributed by atoms with E-state index in [1.807, 2.05) is 57.2 Å². The Morgan fingerprint density at radius 1 is 1.07 bits per heavy atom. The summed E-state index contributed by atoms with van der Waals surface area (Å²) in [5, 5.41) is 2.84. The lowest BCUT2D eigenvalue weighted by atomic mass is 10.1. The molecule has 2 atom stereocenters. The van der Waals surface area contributed by atoms with Gasteiger partial charge in [-0.05, 0) is 57.0 Å². The number of rotatable bonds is 9. The highest BCUT2D eigenvalue weighted by Gasteiger charge is 2.29. The highest BCUT2D eigenvalue weighted by molar-refractivity contribution is 7.92. The van der Waals surface area contributed by atoms with E-state index in [2.05, 4.69) is 5.32 Å². The van der Waals surface area contributed by atoms with Crippen LogP contribution in [0.4, 0.5) is 5.69 Å². The van der Waals surface area contributed by atoms with Crippen LogP contribution in [0.25, 0.3) is 0 Å². The number of hydrogen-bond donors (Lipinski definition) is 1. The molecular weight excluding hydrogens is 388 g/mol. The van der Waals surface area contributed by atoms with E-state index in [4.69, 9.17) is 4.74 Å². The molecule has 2 aromatic carbocycles. The van der Waals surface area contributed by atoms with Gasteiger partial charge in [0, 0.05) is 0 Å². The van der Waals surface area contributed by atoms with Crippen LogP contribution in [0.1, 0.15) is 31.9 Å². The number of nitrogens with one attached hydrogen (secondary N) is 1. The van der Waals surface area contributed by atoms with Crippen LogP contribution in [0.3, 0.4) is 0 Å². The van der Waals surface area contributed by atoms with E-state index in [9.17, 15) is 13.2 Å². The van der Waals surface area contributed by atoms with Crippen molar-refractivity contribution in [3.8, 4) is 5.75 Å². The van der Waals surface area contributed by atoms with Crippen LogP contribution < -0.4 is 14.4 Å². The lowest BCUT2D eigenvalue weighted by Gasteiger charge is -2.29. The first kappa shape index (κ1) is 22.7. The molecule has 0 aliphatic carbocycles. The van der Waals surface area contributed by atoms with Gasteiger partial charge in [0.05, 0.1) is 18.0 Å². The molecule has 0 spiro atoms. The Kier molecular flexibility index (Phi) is 7.67. The summed E-state index contributed by atoms with van der Waals surface area (Å²) in [5.41, 5.74) is 2.71. The van der Waals surface area contributed by atoms with Gasteiger partial charge >= 0.3 is 0 Å². The van der Waals surface area contributed by atoms with Gasteiger partial charge in [0.25, 0.3) is 0 Å². The first-order chi connectivity index (χ1) is 13.6. The van der Waals surface area contributed by atoms with Crippen LogP contribution in [0, 0.1) is 6.92 Å². The average molecular weight is 419 g/mol. The maximum Gasteiger partial charge on any atom is 0.243 e. The zero-order valence-electron chi connectivity index (χ0n) is 17.7. The number of amides is 1. The van der Waals surface area contributed by atoms with E-state index in [1.165, 1.54) is 0 Å². The molecule has 0 bridgehead atoms. The molecule has 1 amide bonds. The SMILES string of the molecule is CCc1ccc(N([C@H](C)C(=O)N[C@H](C)COc2ccc(C)cc2)S(C)(=O)=O)cc1. The van der Waals surface area contributed by atoms with Crippen molar-refractivity contribution in [3.63, 3.8) is 0 Å². The van der Waals surface area contributed by atoms with Gasteiger partial charge in [0.1, 0.15) is 18.4 Å². The van der Waals surface area contributed by atoms with Crippen molar-refractivity contribution in [2.75, 3.05) is 17.2 Å². The molecular formula is C22H30N2O4S. The Morgan fingerprint density at radius 2 is 1.66 bits per heavy atom. The molecule has 7 heteroatoms. The van der Waals surface area contributed by atoms with Crippen LogP contribution in [0.5, 0.6) is 5.75 Å². The van der Waals surface area contributed by atoms with E-state index in [1.54, 1.807) is 19.1 Å². The van der Waals surface area contributed by atoms with Crippen molar-refractivity contribution in [1.82, 2.24) is 5.32 Å². The molecule has 0 unspecified atom stereocenters. The van der Waals surface area contributed by atoms with E-state index in [-0.39, 0.29) is 18.6 Å². The lowest BCUT2D eigenvalue weighted by Crippen LogP contribution is -2.50. The van der Waals surface area contributed by atoms with Crippen LogP contribution >= 0.6 is 0 Å². The molecule has 0 aliphatic heterocycles. The Morgan fingerprint density at radius 3 is 2.17 bits per heavy atom. The van der Waals surface area contributed by atoms with Crippen LogP contribution in [0.2, 0.25) is 0 Å². The number of anilines is 1. The first-order valence-corrected chi connectivity index (χ1v) is 11.5. The topological polar surface area (TPSA) is 75.7 Å². The van der Waals surface area contributed by atoms with E-state index >= 15 is 0 Å². The summed E-state index contributed by atoms with van der Waals surface area (Å²) in [6.07, 6.45) is 1.96. The molecule has 2 aromatic rings. The molecule has 158 valence electrons. The third-order valence-corrected chi connectivity index (χ3v) is 5.84. The third-order valence-electron chi connectivity index (χ3n) is 4.60. The quantitative estimate of drug-likeness (QED) is 0.678. The third kappa shape index (κ3) is 6.49. The minimum atomic E-state index is -3.64. The van der Waals surface area contributed by atoms with Gasteiger partial charge in [-0.2, -0.15) is 0 Å². The summed E-state index contributed by atoms with van der Waals surface area (Å²) < 4.78 is 31.6. The normalized spacial score (nSPS) is 13.4. The molecule has 0 aromatic heterocycles. The van der Waals surface area contributed by atoms with Gasteiger partial charge in [-0.1, -0.05) is 36.8 Å². The van der Waals surface area contributed by atoms with E-state index in [0.29, 0.717) is 5.69 Å². The predicted octanol–water partition coefficient (Wildman–Crippen LogP) is 3.30. The number of benzene rings is 2. The van der Waals surface area contributed by atoms with Crippen molar-refractivity contribution < 1.29 is 17.9 Å². The highest BCUT2D eigenvalue weighted by atomic mass is 32.2. The van der Waals surface area contributed by atoms with Gasteiger partial charge in [0.15, 0.2) is 0 Å². The fourth-order valence-corrected chi connectivity index (χ4v) is 4.12. The number of ether oxygens (including phenoxy) is 1. The number of sulfonamides is 1. The molecule has 0 saturated heterocycles. The number of carbonyl (C=O) groups excluding carboxylic acids is 1. The largest absolute Gasteiger partial charge is 0.491 e. The summed E-state index contributed by atoms with van der Waals surface area (Å²) >= 11 is 0. The standard InChI is InChI=1S/C22H30N2O4S/c1-6-19-9-11-20(12-10-19)24(29(5,26)27)18(4)22(25)23-17(3)15-28-21-13-7-16(2)8-14-21/h7-14,17-18H,6,15H2,1-5H3,(H,23,25)/t17-,18-/m1/s1. The zero-order valence-corrected chi connectivity index (χ0v) is 18.5. The van der Waals surface area contributed by atoms with Gasteiger partial charge < -0.3 is 10.1 Å². The highest BCUT2D eigenvalue weighted by Crippen LogP contribution is 2.22. The Balaban J connectivity index is 2.04. The molecule has 0 fully saturated rings. The van der Waals surface area contributed by atoms with Crippen molar-refractivity contribution in [1.29, 1.82) is 0 Å². The maximum absolute atomic E-state index is 12.7. The second kappa shape index (κ2) is 9.78. The van der Waals surface area contributed by atoms with Crippen molar-refractivity contribution >= 4 is 21.6 Å². The van der Waals surface area contributed by atoms with E-state index < -0.39 is 16.1 Å². The van der Waals surface area contributed by atoms with Gasteiger partial charge in [-0.15, -0.1) is 0 Å². The first-order valence-electron chi connectivity index (χ1n) is 9.70. The Hall–Kier alpha value is -2.54. The summed E-state index contributed by atoms with van der Waals surface area (Å²) in [6.45, 7) is 7.71. The second-order valence-corrected chi connectivity index (χ2v) is 9.15. The molecule has 0 aliphatic rings. The number of hydrogen-bond acceptors (Lipinski definition) is 4. The van der Waals surface area contributed by atoms with Crippen LogP contribution in [-0.2, 0) is 21.2 Å². The smallest absolute Gasteiger partial charge is 0.243 e. The van der Waals surface area contributed by atoms with Crippen molar-refractivity contribution in [3.05, 3.63) is 59.7 Å². The van der Waals surface area contributed by atoms with Gasteiger partial charge in [0.2, 0.25) is 15.9 Å². The molecule has 6 nitrogen and oxygen atoms in total. The van der Waals surface area contributed by atoms with E-state index in [0.717, 1.165) is 33.9 Å². The van der Waals surface area contributed by atoms with Gasteiger partial charge in [-0.3, -0.25) is 9.10 Å². The molecule has 0 saturated carbocycles. The second-order valence-electron chi connectivity index (χ2n) is 7.29. The molecule has 0 radical (unpaired) electrons. The fraction of sp³-hybridized carbons (Fsp3) is 0.409. The summed E-state index contributed by atoms with van der Waals surface area (Å²) in [5.74, 6) is 0.341. The lowest BCUT2D eigenvalue weighted by molar-refractivity contribution is -0.122. The van der Waals surface area contributed by atoms with Crippen LogP contribution in [0.15, 0.2) is 48.5 Å². The Labute approximate surface area is 173 Å². The average Bonchev–Trinajstić information content (AvgIpc) is 2.67.